The lowest BCUT2D eigenvalue weighted by atomic mass is 9.97. The van der Waals surface area contributed by atoms with Gasteiger partial charge in [0, 0.05) is 19.6 Å². The zero-order valence-electron chi connectivity index (χ0n) is 19.6. The number of rotatable bonds is 4. The molecule has 1 amide bonds. The summed E-state index contributed by atoms with van der Waals surface area (Å²) in [6.07, 6.45) is -0.200. The van der Waals surface area contributed by atoms with Crippen LogP contribution in [-0.2, 0) is 19.1 Å². The van der Waals surface area contributed by atoms with Gasteiger partial charge >= 0.3 is 5.97 Å². The molecule has 1 saturated heterocycles. The molecule has 2 aromatic heterocycles. The van der Waals surface area contributed by atoms with Crippen LogP contribution in [0.1, 0.15) is 31.8 Å². The number of anilines is 1. The summed E-state index contributed by atoms with van der Waals surface area (Å²) in [5.41, 5.74) is 6.46. The molecule has 0 radical (unpaired) electrons. The molecule has 1 fully saturated rings. The molecule has 2 atom stereocenters. The standard InChI is InChI=1S/C22H25N7O6S/c1-3-24-20(32)17-15(30)16(31)21(35-17)29-10-25-14-18(23)26-12(27-19(14)29)4-5-13(36)28-8-6-11(7-9-28)22(33)34-2/h10-11,16,21,30-31H,3,6-9H2,1-2H3,(H,24,32)(H2,23,26,27)/t16?,21-/m1/s1. The van der Waals surface area contributed by atoms with E-state index in [9.17, 15) is 19.8 Å². The van der Waals surface area contributed by atoms with E-state index in [2.05, 4.69) is 32.1 Å². The van der Waals surface area contributed by atoms with Crippen molar-refractivity contribution in [3.05, 3.63) is 23.7 Å². The minimum Gasteiger partial charge on any atom is -0.506 e. The van der Waals surface area contributed by atoms with Crippen LogP contribution in [0.2, 0.25) is 0 Å². The van der Waals surface area contributed by atoms with E-state index in [1.165, 1.54) is 18.0 Å². The quantitative estimate of drug-likeness (QED) is 0.239. The number of likely N-dealkylation sites (tertiary alicyclic amines) is 1. The second-order valence-corrected chi connectivity index (χ2v) is 8.51. The van der Waals surface area contributed by atoms with Crippen LogP contribution in [0.5, 0.6) is 0 Å². The predicted molar refractivity (Wildman–Crippen MR) is 130 cm³/mol. The zero-order valence-corrected chi connectivity index (χ0v) is 20.4. The maximum Gasteiger partial charge on any atom is 0.308 e. The number of hydrogen-bond donors (Lipinski definition) is 4. The highest BCUT2D eigenvalue weighted by molar-refractivity contribution is 7.80. The maximum absolute atomic E-state index is 12.1. The van der Waals surface area contributed by atoms with Crippen molar-refractivity contribution in [2.45, 2.75) is 32.1 Å². The number of ether oxygens (including phenoxy) is 2. The Labute approximate surface area is 211 Å². The summed E-state index contributed by atoms with van der Waals surface area (Å²) >= 11 is 5.43. The van der Waals surface area contributed by atoms with Crippen molar-refractivity contribution in [1.29, 1.82) is 0 Å². The summed E-state index contributed by atoms with van der Waals surface area (Å²) in [6.45, 7) is 3.16. The number of nitrogens with zero attached hydrogens (tertiary/aromatic N) is 5. The molecule has 2 aliphatic heterocycles. The van der Waals surface area contributed by atoms with E-state index >= 15 is 0 Å². The van der Waals surface area contributed by atoms with Crippen molar-refractivity contribution in [2.75, 3.05) is 32.5 Å². The average molecular weight is 516 g/mol. The SMILES string of the molecule is CCNC(=O)C1=C(O)C(O)[C@H](n2cnc3c(N)nc(C#CC(=S)N4CCC(C(=O)OC)CC4)nc32)O1. The van der Waals surface area contributed by atoms with E-state index < -0.39 is 24.0 Å². The average Bonchev–Trinajstić information content (AvgIpc) is 3.43. The molecule has 13 nitrogen and oxygen atoms in total. The fourth-order valence-electron chi connectivity index (χ4n) is 3.99. The number of imidazole rings is 1. The number of piperidine rings is 1. The Morgan fingerprint density at radius 2 is 2.08 bits per heavy atom. The number of methoxy groups -OCH3 is 1. The number of thiocarbonyl (C=S) groups is 1. The number of nitrogens with one attached hydrogen (secondary N) is 1. The molecule has 0 saturated carbocycles. The van der Waals surface area contributed by atoms with Crippen LogP contribution >= 0.6 is 12.2 Å². The molecule has 2 aliphatic rings. The van der Waals surface area contributed by atoms with E-state index in [4.69, 9.17) is 27.4 Å². The molecular formula is C22H25N7O6S. The van der Waals surface area contributed by atoms with Gasteiger partial charge in [-0.25, -0.2) is 15.0 Å². The number of aliphatic hydroxyl groups excluding tert-OH is 2. The molecule has 14 heteroatoms. The fourth-order valence-corrected chi connectivity index (χ4v) is 4.22. The second-order valence-electron chi connectivity index (χ2n) is 8.12. The van der Waals surface area contributed by atoms with Crippen molar-refractivity contribution >= 4 is 46.1 Å². The first-order chi connectivity index (χ1) is 17.2. The molecule has 0 bridgehead atoms. The van der Waals surface area contributed by atoms with Gasteiger partial charge in [-0.05, 0) is 31.6 Å². The van der Waals surface area contributed by atoms with Gasteiger partial charge in [-0.2, -0.15) is 0 Å². The van der Waals surface area contributed by atoms with E-state index in [1.807, 2.05) is 4.90 Å². The molecule has 1 unspecified atom stereocenters. The lowest BCUT2D eigenvalue weighted by molar-refractivity contribution is -0.146. The van der Waals surface area contributed by atoms with E-state index in [-0.39, 0.29) is 40.5 Å². The lowest BCUT2D eigenvalue weighted by Crippen LogP contribution is -2.39. The van der Waals surface area contributed by atoms with Gasteiger partial charge < -0.3 is 35.6 Å². The number of aliphatic hydroxyl groups is 2. The number of aromatic nitrogens is 4. The highest BCUT2D eigenvalue weighted by Crippen LogP contribution is 2.33. The van der Waals surface area contributed by atoms with Crippen molar-refractivity contribution in [3.8, 4) is 11.8 Å². The van der Waals surface area contributed by atoms with Gasteiger partial charge in [0.1, 0.15) is 11.8 Å². The number of carbonyl (C=O) groups is 2. The summed E-state index contributed by atoms with van der Waals surface area (Å²) < 4.78 is 11.7. The van der Waals surface area contributed by atoms with Crippen LogP contribution in [0.3, 0.4) is 0 Å². The smallest absolute Gasteiger partial charge is 0.308 e. The van der Waals surface area contributed by atoms with Gasteiger partial charge in [0.05, 0.1) is 13.0 Å². The number of esters is 1. The number of nitrogen functional groups attached to an aromatic ring is 1. The predicted octanol–water partition coefficient (Wildman–Crippen LogP) is -0.232. The summed E-state index contributed by atoms with van der Waals surface area (Å²) in [5, 5.41) is 23.2. The molecule has 36 heavy (non-hydrogen) atoms. The number of fused-ring (bicyclic) bond motifs is 1. The number of amides is 1. The number of carbonyl (C=O) groups excluding carboxylic acids is 2. The molecule has 5 N–H and O–H groups in total. The Morgan fingerprint density at radius 1 is 1.36 bits per heavy atom. The summed E-state index contributed by atoms with van der Waals surface area (Å²) in [7, 11) is 1.38. The summed E-state index contributed by atoms with van der Waals surface area (Å²) in [5.74, 6) is 3.72. The molecule has 0 aliphatic carbocycles. The highest BCUT2D eigenvalue weighted by atomic mass is 32.1. The first-order valence-electron chi connectivity index (χ1n) is 11.2. The molecule has 0 spiro atoms. The first-order valence-corrected chi connectivity index (χ1v) is 11.6. The topological polar surface area (TPSA) is 178 Å². The molecule has 2 aromatic rings. The van der Waals surface area contributed by atoms with E-state index in [1.54, 1.807) is 6.92 Å². The molecule has 190 valence electrons. The minimum atomic E-state index is -1.54. The van der Waals surface area contributed by atoms with Gasteiger partial charge in [-0.3, -0.25) is 14.2 Å². The normalized spacial score (nSPS) is 20.0. The number of hydrogen-bond acceptors (Lipinski definition) is 11. The van der Waals surface area contributed by atoms with Gasteiger partial charge in [0.2, 0.25) is 17.8 Å². The van der Waals surface area contributed by atoms with Crippen LogP contribution in [0.25, 0.3) is 11.2 Å². The lowest BCUT2D eigenvalue weighted by Gasteiger charge is -2.30. The second kappa shape index (κ2) is 10.3. The Morgan fingerprint density at radius 3 is 2.75 bits per heavy atom. The zero-order chi connectivity index (χ0) is 26.0. The van der Waals surface area contributed by atoms with E-state index in [0.29, 0.717) is 37.5 Å². The fraction of sp³-hybridized carbons (Fsp3) is 0.455. The summed E-state index contributed by atoms with van der Waals surface area (Å²) in [6, 6.07) is 0. The number of nitrogens with two attached hydrogens (primary N) is 1. The minimum absolute atomic E-state index is 0.0430. The van der Waals surface area contributed by atoms with Crippen molar-refractivity contribution in [3.63, 3.8) is 0 Å². The molecule has 4 rings (SSSR count). The monoisotopic (exact) mass is 515 g/mol. The van der Waals surface area contributed by atoms with Gasteiger partial charge in [0.25, 0.3) is 5.91 Å². The number of likely N-dealkylation sites (N-methyl/N-ethyl adjacent to an activating group) is 1. The van der Waals surface area contributed by atoms with Crippen molar-refractivity contribution in [1.82, 2.24) is 29.7 Å². The first kappa shape index (κ1) is 25.1. The third kappa shape index (κ3) is 4.75. The van der Waals surface area contributed by atoms with Crippen LogP contribution < -0.4 is 11.1 Å². The van der Waals surface area contributed by atoms with Gasteiger partial charge in [-0.1, -0.05) is 12.2 Å². The highest BCUT2D eigenvalue weighted by Gasteiger charge is 2.41. The van der Waals surface area contributed by atoms with Crippen LogP contribution in [0, 0.1) is 17.8 Å². The van der Waals surface area contributed by atoms with E-state index in [0.717, 1.165) is 0 Å². The Bertz CT molecular complexity index is 1310. The Balaban J connectivity index is 1.54. The third-order valence-electron chi connectivity index (χ3n) is 5.89. The van der Waals surface area contributed by atoms with Crippen molar-refractivity contribution in [2.24, 2.45) is 5.92 Å². The van der Waals surface area contributed by atoms with Crippen molar-refractivity contribution < 1.29 is 29.3 Å². The maximum atomic E-state index is 12.1. The molecule has 0 aromatic carbocycles. The van der Waals surface area contributed by atoms with Gasteiger partial charge in [-0.15, -0.1) is 0 Å². The van der Waals surface area contributed by atoms with Crippen LogP contribution in [-0.4, -0.2) is 84.3 Å². The van der Waals surface area contributed by atoms with Crippen LogP contribution in [0.15, 0.2) is 17.8 Å². The summed E-state index contributed by atoms with van der Waals surface area (Å²) in [4.78, 5) is 38.8. The third-order valence-corrected chi connectivity index (χ3v) is 6.25. The molecule has 4 heterocycles. The molecular weight excluding hydrogens is 490 g/mol. The largest absolute Gasteiger partial charge is 0.506 e. The van der Waals surface area contributed by atoms with Crippen LogP contribution in [0.4, 0.5) is 5.82 Å². The Hall–Kier alpha value is -3.96. The Kier molecular flexibility index (Phi) is 7.22. The van der Waals surface area contributed by atoms with Gasteiger partial charge in [0.15, 0.2) is 28.3 Å².